The van der Waals surface area contributed by atoms with Crippen molar-refractivity contribution in [3.63, 3.8) is 0 Å². The van der Waals surface area contributed by atoms with Gasteiger partial charge in [-0.05, 0) is 63.0 Å². The summed E-state index contributed by atoms with van der Waals surface area (Å²) in [6, 6.07) is 15.9. The van der Waals surface area contributed by atoms with Gasteiger partial charge in [0, 0.05) is 6.54 Å². The van der Waals surface area contributed by atoms with E-state index in [0.29, 0.717) is 0 Å². The van der Waals surface area contributed by atoms with Crippen LogP contribution < -0.4 is 10.1 Å². The largest absolute Gasteiger partial charge is 0.497 e. The van der Waals surface area contributed by atoms with E-state index >= 15 is 0 Å². The second-order valence-corrected chi connectivity index (χ2v) is 6.64. The molecule has 5 nitrogen and oxygen atoms in total. The molecule has 0 spiro atoms. The van der Waals surface area contributed by atoms with E-state index in [1.54, 1.807) is 7.11 Å². The average molecular weight is 362 g/mol. The fourth-order valence-corrected chi connectivity index (χ4v) is 2.75. The van der Waals surface area contributed by atoms with E-state index in [1.807, 2.05) is 60.7 Å². The molecule has 140 valence electrons. The minimum Gasteiger partial charge on any atom is -0.497 e. The Labute approximate surface area is 160 Å². The SMILES string of the molecule is COc1ccc(/C=C/c2nc3ccccc3nc2NCCCN(C)C)cc1. The highest BCUT2D eigenvalue weighted by molar-refractivity contribution is 5.81. The van der Waals surface area contributed by atoms with Gasteiger partial charge in [0.15, 0.2) is 5.82 Å². The van der Waals surface area contributed by atoms with Crippen molar-refractivity contribution >= 4 is 29.0 Å². The summed E-state index contributed by atoms with van der Waals surface area (Å²) in [6.45, 7) is 1.89. The maximum atomic E-state index is 5.21. The summed E-state index contributed by atoms with van der Waals surface area (Å²) in [4.78, 5) is 11.7. The van der Waals surface area contributed by atoms with Crippen molar-refractivity contribution in [3.8, 4) is 5.75 Å². The molecule has 27 heavy (non-hydrogen) atoms. The zero-order chi connectivity index (χ0) is 19.1. The summed E-state index contributed by atoms with van der Waals surface area (Å²) < 4.78 is 5.21. The highest BCUT2D eigenvalue weighted by Gasteiger charge is 2.06. The van der Waals surface area contributed by atoms with Crippen molar-refractivity contribution in [2.75, 3.05) is 39.6 Å². The summed E-state index contributed by atoms with van der Waals surface area (Å²) in [5.41, 5.74) is 3.72. The zero-order valence-corrected chi connectivity index (χ0v) is 16.1. The number of methoxy groups -OCH3 is 1. The van der Waals surface area contributed by atoms with Crippen LogP contribution in [0.25, 0.3) is 23.2 Å². The van der Waals surface area contributed by atoms with E-state index in [1.165, 1.54) is 0 Å². The zero-order valence-electron chi connectivity index (χ0n) is 16.1. The predicted octanol–water partition coefficient (Wildman–Crippen LogP) is 4.17. The van der Waals surface area contributed by atoms with Crippen molar-refractivity contribution in [2.45, 2.75) is 6.42 Å². The lowest BCUT2D eigenvalue weighted by atomic mass is 10.2. The van der Waals surface area contributed by atoms with Gasteiger partial charge in [0.1, 0.15) is 11.4 Å². The predicted molar refractivity (Wildman–Crippen MR) is 113 cm³/mol. The van der Waals surface area contributed by atoms with Crippen LogP contribution in [0.15, 0.2) is 48.5 Å². The first-order valence-electron chi connectivity index (χ1n) is 9.13. The highest BCUT2D eigenvalue weighted by atomic mass is 16.5. The lowest BCUT2D eigenvalue weighted by Crippen LogP contribution is -2.17. The molecule has 0 radical (unpaired) electrons. The smallest absolute Gasteiger partial charge is 0.152 e. The van der Waals surface area contributed by atoms with Crippen LogP contribution in [0.4, 0.5) is 5.82 Å². The molecule has 2 aromatic carbocycles. The van der Waals surface area contributed by atoms with E-state index in [9.17, 15) is 0 Å². The molecule has 0 aliphatic rings. The van der Waals surface area contributed by atoms with Gasteiger partial charge in [-0.1, -0.05) is 30.3 Å². The Morgan fingerprint density at radius 1 is 0.963 bits per heavy atom. The number of nitrogens with zero attached hydrogens (tertiary/aromatic N) is 3. The lowest BCUT2D eigenvalue weighted by molar-refractivity contribution is 0.405. The average Bonchev–Trinajstić information content (AvgIpc) is 2.69. The third-order valence-corrected chi connectivity index (χ3v) is 4.22. The van der Waals surface area contributed by atoms with Gasteiger partial charge < -0.3 is 15.0 Å². The van der Waals surface area contributed by atoms with Gasteiger partial charge in [-0.15, -0.1) is 0 Å². The Kier molecular flexibility index (Phi) is 6.39. The van der Waals surface area contributed by atoms with Crippen LogP contribution in [0.5, 0.6) is 5.75 Å². The Balaban J connectivity index is 1.83. The molecule has 5 heteroatoms. The van der Waals surface area contributed by atoms with E-state index < -0.39 is 0 Å². The molecule has 1 heterocycles. The molecule has 0 aliphatic heterocycles. The molecule has 3 rings (SSSR count). The quantitative estimate of drug-likeness (QED) is 0.610. The first kappa shape index (κ1) is 18.9. The van der Waals surface area contributed by atoms with E-state index in [0.717, 1.165) is 53.4 Å². The van der Waals surface area contributed by atoms with Crippen LogP contribution in [-0.4, -0.2) is 49.2 Å². The number of para-hydroxylation sites is 2. The van der Waals surface area contributed by atoms with E-state index in [-0.39, 0.29) is 0 Å². The fourth-order valence-electron chi connectivity index (χ4n) is 2.75. The molecule has 1 N–H and O–H groups in total. The van der Waals surface area contributed by atoms with Crippen molar-refractivity contribution < 1.29 is 4.74 Å². The maximum absolute atomic E-state index is 5.21. The van der Waals surface area contributed by atoms with E-state index in [2.05, 4.69) is 24.3 Å². The molecule has 0 aliphatic carbocycles. The molecular weight excluding hydrogens is 336 g/mol. The van der Waals surface area contributed by atoms with Gasteiger partial charge in [0.2, 0.25) is 0 Å². The highest BCUT2D eigenvalue weighted by Crippen LogP contribution is 2.20. The number of hydrogen-bond acceptors (Lipinski definition) is 5. The second-order valence-electron chi connectivity index (χ2n) is 6.64. The first-order valence-corrected chi connectivity index (χ1v) is 9.13. The number of fused-ring (bicyclic) bond motifs is 1. The number of benzene rings is 2. The van der Waals surface area contributed by atoms with Crippen LogP contribution in [0.1, 0.15) is 17.7 Å². The second kappa shape index (κ2) is 9.14. The Morgan fingerprint density at radius 2 is 1.67 bits per heavy atom. The molecule has 0 amide bonds. The fraction of sp³-hybridized carbons (Fsp3) is 0.273. The van der Waals surface area contributed by atoms with Crippen LogP contribution >= 0.6 is 0 Å². The molecule has 3 aromatic rings. The number of aromatic nitrogens is 2. The van der Waals surface area contributed by atoms with Gasteiger partial charge >= 0.3 is 0 Å². The van der Waals surface area contributed by atoms with Gasteiger partial charge in [0.25, 0.3) is 0 Å². The molecule has 1 aromatic heterocycles. The molecule has 0 bridgehead atoms. The van der Waals surface area contributed by atoms with Crippen molar-refractivity contribution in [1.82, 2.24) is 14.9 Å². The maximum Gasteiger partial charge on any atom is 0.152 e. The Bertz CT molecular complexity index is 904. The standard InChI is InChI=1S/C22H26N4O/c1-26(2)16-6-15-23-22-21(24-19-7-4-5-8-20(19)25-22)14-11-17-9-12-18(27-3)13-10-17/h4-5,7-14H,6,15-16H2,1-3H3,(H,23,25)/b14-11+. The van der Waals surface area contributed by atoms with Crippen LogP contribution in [0, 0.1) is 0 Å². The topological polar surface area (TPSA) is 50.3 Å². The third kappa shape index (κ3) is 5.28. The van der Waals surface area contributed by atoms with Gasteiger partial charge in [-0.25, -0.2) is 9.97 Å². The molecule has 0 atom stereocenters. The summed E-state index contributed by atoms with van der Waals surface area (Å²) in [5.74, 6) is 1.66. The summed E-state index contributed by atoms with van der Waals surface area (Å²) in [6.07, 6.45) is 5.10. The van der Waals surface area contributed by atoms with Crippen LogP contribution in [-0.2, 0) is 0 Å². The van der Waals surface area contributed by atoms with Gasteiger partial charge in [0.05, 0.1) is 18.1 Å². The van der Waals surface area contributed by atoms with Gasteiger partial charge in [-0.2, -0.15) is 0 Å². The summed E-state index contributed by atoms with van der Waals surface area (Å²) >= 11 is 0. The number of ether oxygens (including phenoxy) is 1. The number of hydrogen-bond donors (Lipinski definition) is 1. The molecular formula is C22H26N4O. The molecule has 0 saturated carbocycles. The normalized spacial score (nSPS) is 11.4. The molecule has 0 unspecified atom stereocenters. The van der Waals surface area contributed by atoms with Crippen LogP contribution in [0.3, 0.4) is 0 Å². The molecule has 0 saturated heterocycles. The monoisotopic (exact) mass is 362 g/mol. The summed E-state index contributed by atoms with van der Waals surface area (Å²) in [7, 11) is 5.83. The van der Waals surface area contributed by atoms with Crippen molar-refractivity contribution in [2.24, 2.45) is 0 Å². The van der Waals surface area contributed by atoms with Crippen molar-refractivity contribution in [3.05, 3.63) is 59.8 Å². The Morgan fingerprint density at radius 3 is 2.33 bits per heavy atom. The number of rotatable bonds is 8. The first-order chi connectivity index (χ1) is 13.2. The third-order valence-electron chi connectivity index (χ3n) is 4.22. The minimum absolute atomic E-state index is 0.817. The number of nitrogens with one attached hydrogen (secondary N) is 1. The Hall–Kier alpha value is -2.92. The van der Waals surface area contributed by atoms with Crippen molar-refractivity contribution in [1.29, 1.82) is 0 Å². The van der Waals surface area contributed by atoms with Crippen LogP contribution in [0.2, 0.25) is 0 Å². The number of anilines is 1. The van der Waals surface area contributed by atoms with E-state index in [4.69, 9.17) is 14.7 Å². The summed E-state index contributed by atoms with van der Waals surface area (Å²) in [5, 5.41) is 3.44. The van der Waals surface area contributed by atoms with Gasteiger partial charge in [-0.3, -0.25) is 0 Å². The minimum atomic E-state index is 0.817. The lowest BCUT2D eigenvalue weighted by Gasteiger charge is -2.12. The molecule has 0 fully saturated rings.